The molecule has 10 rings (SSSR count). The molecule has 0 spiro atoms. The first-order valence-corrected chi connectivity index (χ1v) is 25.5. The Labute approximate surface area is 441 Å². The molecule has 0 radical (unpaired) electrons. The third-order valence-corrected chi connectivity index (χ3v) is 15.6. The number of aromatic nitrogens is 2. The molecule has 2 N–H and O–H groups in total. The van der Waals surface area contributed by atoms with E-state index in [2.05, 4.69) is 36.4 Å². The summed E-state index contributed by atoms with van der Waals surface area (Å²) in [6, 6.07) is 19.2. The highest BCUT2D eigenvalue weighted by Crippen LogP contribution is 2.48. The maximum atomic E-state index is 14.8. The number of para-hydroxylation sites is 2. The second-order valence-electron chi connectivity index (χ2n) is 17.3. The monoisotopic (exact) mass is 1150 g/mol. The molecule has 2 atom stereocenters. The van der Waals surface area contributed by atoms with Crippen molar-refractivity contribution in [3.63, 3.8) is 0 Å². The minimum absolute atomic E-state index is 0.0606. The molecule has 4 aliphatic heterocycles. The number of anilines is 5. The van der Waals surface area contributed by atoms with Gasteiger partial charge in [0.2, 0.25) is 0 Å². The lowest BCUT2D eigenvalue weighted by molar-refractivity contribution is 0.0214. The van der Waals surface area contributed by atoms with Crippen LogP contribution >= 0.6 is 85.9 Å². The Kier molecular flexibility index (Phi) is 14.6. The number of rotatable bonds is 7. The number of carbonyl (C=O) groups excluding carboxylic acids is 3. The van der Waals surface area contributed by atoms with Gasteiger partial charge >= 0.3 is 18.2 Å². The van der Waals surface area contributed by atoms with Gasteiger partial charge in [0.25, 0.3) is 0 Å². The quantitative estimate of drug-likeness (QED) is 0.150. The molecule has 2 aromatic heterocycles. The van der Waals surface area contributed by atoms with Crippen LogP contribution in [-0.2, 0) is 17.8 Å². The van der Waals surface area contributed by atoms with Crippen LogP contribution in [0.4, 0.5) is 60.4 Å². The molecule has 12 nitrogen and oxygen atoms in total. The van der Waals surface area contributed by atoms with Crippen LogP contribution in [0.15, 0.2) is 109 Å². The van der Waals surface area contributed by atoms with Gasteiger partial charge in [0.05, 0.1) is 83.5 Å². The largest absolute Gasteiger partial charge is 0.444 e. The van der Waals surface area contributed by atoms with Gasteiger partial charge in [0.15, 0.2) is 0 Å². The van der Waals surface area contributed by atoms with E-state index in [1.807, 2.05) is 26.8 Å². The van der Waals surface area contributed by atoms with Gasteiger partial charge in [0, 0.05) is 41.1 Å². The van der Waals surface area contributed by atoms with Gasteiger partial charge < -0.3 is 25.2 Å². The number of urea groups is 2. The fourth-order valence-electron chi connectivity index (χ4n) is 8.39. The Hall–Kier alpha value is -5.15. The summed E-state index contributed by atoms with van der Waals surface area (Å²) in [5.41, 5.74) is 2.76. The standard InChI is InChI=1S/C29H27Cl2F2N5O3S.C19H10BrCl2F2N3OS/c1-29(2,3)41-28(40)37-14-16-10-17(37)13-36(16)23-11-22-21(35-26(23)42-24-8-7-15(32)9-20(24)33)12-34-27(39)38(22)25-18(30)5-4-6-19(25)31;20-10-7-15-14(26-18(10)29-16-5-4-9(23)6-13(16)24)8-25-19(28)27(15)17-11(21)2-1-3-12(17)22/h4-9,11,16-17H,10,12-14H2,1-3H3,(H,34,39);1-7H,8H2,(H,25,28). The van der Waals surface area contributed by atoms with Crippen LogP contribution in [0, 0.1) is 23.3 Å². The lowest BCUT2D eigenvalue weighted by atomic mass is 10.1. The minimum atomic E-state index is -0.706. The summed E-state index contributed by atoms with van der Waals surface area (Å²) in [7, 11) is 0. The van der Waals surface area contributed by atoms with Crippen molar-refractivity contribution in [2.75, 3.05) is 27.8 Å². The molecule has 2 fully saturated rings. The zero-order valence-electron chi connectivity index (χ0n) is 37.3. The molecule has 368 valence electrons. The summed E-state index contributed by atoms with van der Waals surface area (Å²) in [6.45, 7) is 6.72. The van der Waals surface area contributed by atoms with Crippen molar-refractivity contribution in [3.8, 4) is 0 Å². The van der Waals surface area contributed by atoms with E-state index < -0.39 is 40.9 Å². The number of hydrogen-bond donors (Lipinski definition) is 2. The summed E-state index contributed by atoms with van der Waals surface area (Å²) in [4.78, 5) is 55.2. The van der Waals surface area contributed by atoms with E-state index in [0.717, 1.165) is 35.7 Å². The molecule has 2 bridgehead atoms. The summed E-state index contributed by atoms with van der Waals surface area (Å²) < 4.78 is 61.8. The number of ether oxygens (including phenoxy) is 1. The van der Waals surface area contributed by atoms with Gasteiger partial charge in [-0.2, -0.15) is 0 Å². The third kappa shape index (κ3) is 10.5. The summed E-state index contributed by atoms with van der Waals surface area (Å²) in [5.74, 6) is -2.72. The van der Waals surface area contributed by atoms with Crippen molar-refractivity contribution in [2.24, 2.45) is 0 Å². The lowest BCUT2D eigenvalue weighted by Gasteiger charge is -2.38. The number of carbonyl (C=O) groups is 3. The van der Waals surface area contributed by atoms with Crippen molar-refractivity contribution in [3.05, 3.63) is 144 Å². The van der Waals surface area contributed by atoms with Crippen molar-refractivity contribution in [2.45, 2.75) is 77.8 Å². The molecule has 5 amide bonds. The Bertz CT molecular complexity index is 3120. The molecule has 71 heavy (non-hydrogen) atoms. The Morgan fingerprint density at radius 2 is 1.15 bits per heavy atom. The molecule has 0 aliphatic carbocycles. The van der Waals surface area contributed by atoms with Crippen LogP contribution in [-0.4, -0.2) is 63.8 Å². The van der Waals surface area contributed by atoms with Crippen LogP contribution < -0.4 is 25.3 Å². The summed E-state index contributed by atoms with van der Waals surface area (Å²) in [5, 5.41) is 7.67. The van der Waals surface area contributed by atoms with E-state index in [4.69, 9.17) is 56.1 Å². The van der Waals surface area contributed by atoms with Crippen molar-refractivity contribution >= 4 is 132 Å². The fourth-order valence-corrected chi connectivity index (χ4v) is 11.8. The smallest absolute Gasteiger partial charge is 0.410 e. The first-order valence-electron chi connectivity index (χ1n) is 21.5. The van der Waals surface area contributed by atoms with Gasteiger partial charge in [0.1, 0.15) is 38.9 Å². The van der Waals surface area contributed by atoms with Gasteiger partial charge in [-0.15, -0.1) is 0 Å². The number of benzene rings is 4. The highest BCUT2D eigenvalue weighted by molar-refractivity contribution is 9.10. The van der Waals surface area contributed by atoms with E-state index in [-0.39, 0.29) is 51.1 Å². The molecular formula is C48H37BrCl4F4N8O4S2. The van der Waals surface area contributed by atoms with Gasteiger partial charge in [-0.3, -0.25) is 9.80 Å². The predicted molar refractivity (Wildman–Crippen MR) is 271 cm³/mol. The summed E-state index contributed by atoms with van der Waals surface area (Å²) in [6.07, 6.45) is 0.351. The number of hydrogen-bond acceptors (Lipinski definition) is 9. The predicted octanol–water partition coefficient (Wildman–Crippen LogP) is 14.3. The number of fused-ring (bicyclic) bond motifs is 4. The fraction of sp³-hybridized carbons (Fsp3) is 0.229. The van der Waals surface area contributed by atoms with Crippen LogP contribution in [0.5, 0.6) is 0 Å². The number of nitrogens with one attached hydrogen (secondary N) is 2. The van der Waals surface area contributed by atoms with Crippen molar-refractivity contribution in [1.29, 1.82) is 0 Å². The first kappa shape index (κ1) is 50.8. The zero-order chi connectivity index (χ0) is 50.6. The Balaban J connectivity index is 0.000000188. The van der Waals surface area contributed by atoms with Gasteiger partial charge in [-0.05, 0) is 104 Å². The van der Waals surface area contributed by atoms with E-state index >= 15 is 0 Å². The number of piperazine rings is 1. The molecule has 0 saturated carbocycles. The normalized spacial score (nSPS) is 17.1. The molecule has 4 aromatic carbocycles. The first-order chi connectivity index (χ1) is 33.7. The average molecular weight is 1150 g/mol. The van der Waals surface area contributed by atoms with E-state index in [9.17, 15) is 31.9 Å². The Morgan fingerprint density at radius 3 is 1.62 bits per heavy atom. The highest BCUT2D eigenvalue weighted by atomic mass is 79.9. The molecule has 6 heterocycles. The highest BCUT2D eigenvalue weighted by Gasteiger charge is 2.48. The van der Waals surface area contributed by atoms with E-state index in [1.54, 1.807) is 47.4 Å². The second kappa shape index (κ2) is 20.4. The van der Waals surface area contributed by atoms with Gasteiger partial charge in [-0.25, -0.2) is 41.9 Å². The average Bonchev–Trinajstić information content (AvgIpc) is 3.92. The topological polar surface area (TPSA) is 123 Å². The van der Waals surface area contributed by atoms with Crippen LogP contribution in [0.2, 0.25) is 20.1 Å². The number of nitrogens with zero attached hydrogens (tertiary/aromatic N) is 6. The van der Waals surface area contributed by atoms with Crippen LogP contribution in [0.1, 0.15) is 38.6 Å². The number of pyridine rings is 2. The van der Waals surface area contributed by atoms with E-state index in [0.29, 0.717) is 83.9 Å². The SMILES string of the molecule is CC(C)(C)OC(=O)N1CC2CC1CN2c1cc2c(nc1Sc1ccc(F)cc1F)CNC(=O)N2c1c(Cl)cccc1Cl.O=C1NCc2nc(Sc3ccc(F)cc3F)c(Br)cc2N1c1c(Cl)cccc1Cl. The van der Waals surface area contributed by atoms with Crippen molar-refractivity contribution < 1.29 is 36.7 Å². The molecule has 23 heteroatoms. The van der Waals surface area contributed by atoms with Crippen molar-refractivity contribution in [1.82, 2.24) is 25.5 Å². The Morgan fingerprint density at radius 1 is 0.676 bits per heavy atom. The number of amides is 5. The third-order valence-electron chi connectivity index (χ3n) is 11.4. The maximum Gasteiger partial charge on any atom is 0.410 e. The van der Waals surface area contributed by atoms with Crippen LogP contribution in [0.3, 0.4) is 0 Å². The van der Waals surface area contributed by atoms with Gasteiger partial charge in [-0.1, -0.05) is 82.1 Å². The van der Waals surface area contributed by atoms with E-state index in [1.165, 1.54) is 34.1 Å². The minimum Gasteiger partial charge on any atom is -0.444 e. The second-order valence-corrected chi connectivity index (χ2v) is 21.9. The summed E-state index contributed by atoms with van der Waals surface area (Å²) >= 11 is 31.1. The molecular weight excluding hydrogens is 1110 g/mol. The molecule has 2 saturated heterocycles. The zero-order valence-corrected chi connectivity index (χ0v) is 43.6. The maximum absolute atomic E-state index is 14.8. The molecule has 6 aromatic rings. The van der Waals surface area contributed by atoms with Crippen LogP contribution in [0.25, 0.3) is 0 Å². The lowest BCUT2D eigenvalue weighted by Crippen LogP contribution is -2.50. The number of likely N-dealkylation sites (tertiary alicyclic amines) is 1. The molecule has 2 unspecified atom stereocenters. The number of halogens is 9. The molecule has 4 aliphatic rings.